The van der Waals surface area contributed by atoms with Gasteiger partial charge in [0.2, 0.25) is 0 Å². The molecule has 0 amide bonds. The van der Waals surface area contributed by atoms with Gasteiger partial charge < -0.3 is 0 Å². The summed E-state index contributed by atoms with van der Waals surface area (Å²) in [6, 6.07) is 10.3. The van der Waals surface area contributed by atoms with Crippen molar-refractivity contribution in [2.45, 2.75) is 19.8 Å². The lowest BCUT2D eigenvalue weighted by atomic mass is 10.1. The number of benzene rings is 1. The van der Waals surface area contributed by atoms with E-state index in [1.165, 1.54) is 5.56 Å². The Kier molecular flexibility index (Phi) is 3.66. The normalized spacial score (nSPS) is 10.2. The maximum Gasteiger partial charge on any atom is 0.132 e. The quantitative estimate of drug-likeness (QED) is 0.796. The molecule has 0 aliphatic heterocycles. The molecular formula is C15H16N2. The highest BCUT2D eigenvalue weighted by Crippen LogP contribution is 2.10. The van der Waals surface area contributed by atoms with E-state index in [2.05, 4.69) is 35.6 Å². The van der Waals surface area contributed by atoms with Gasteiger partial charge in [-0.05, 0) is 12.0 Å². The van der Waals surface area contributed by atoms with Crippen LogP contribution in [0.1, 0.15) is 29.6 Å². The highest BCUT2D eigenvalue weighted by molar-refractivity contribution is 5.48. The minimum Gasteiger partial charge on any atom is -0.240 e. The zero-order chi connectivity index (χ0) is 12.1. The molecule has 2 nitrogen and oxygen atoms in total. The Morgan fingerprint density at radius 1 is 1.24 bits per heavy atom. The van der Waals surface area contributed by atoms with Crippen molar-refractivity contribution >= 4 is 6.08 Å². The fourth-order valence-electron chi connectivity index (χ4n) is 1.79. The van der Waals surface area contributed by atoms with Crippen molar-refractivity contribution in [2.75, 3.05) is 0 Å². The van der Waals surface area contributed by atoms with Gasteiger partial charge in [-0.15, -0.1) is 0 Å². The van der Waals surface area contributed by atoms with Crippen LogP contribution in [0.25, 0.3) is 6.08 Å². The summed E-state index contributed by atoms with van der Waals surface area (Å²) in [6.07, 6.45) is 5.36. The molecule has 0 spiro atoms. The van der Waals surface area contributed by atoms with Gasteiger partial charge in [0.15, 0.2) is 0 Å². The van der Waals surface area contributed by atoms with Crippen molar-refractivity contribution in [2.24, 2.45) is 0 Å². The van der Waals surface area contributed by atoms with Crippen molar-refractivity contribution < 1.29 is 0 Å². The maximum absolute atomic E-state index is 4.57. The zero-order valence-electron chi connectivity index (χ0n) is 10.1. The van der Waals surface area contributed by atoms with Crippen LogP contribution in [0, 0.1) is 0 Å². The maximum atomic E-state index is 4.57. The van der Waals surface area contributed by atoms with E-state index in [4.69, 9.17) is 0 Å². The highest BCUT2D eigenvalue weighted by atomic mass is 14.9. The molecule has 1 aromatic carbocycles. The number of aromatic nitrogens is 2. The average molecular weight is 224 g/mol. The Hall–Kier alpha value is -1.96. The molecule has 0 radical (unpaired) electrons. The van der Waals surface area contributed by atoms with Crippen molar-refractivity contribution in [3.63, 3.8) is 0 Å². The molecule has 0 bridgehead atoms. The fraction of sp³-hybridized carbons (Fsp3) is 0.200. The third-order valence-corrected chi connectivity index (χ3v) is 2.71. The Labute approximate surface area is 102 Å². The minimum atomic E-state index is 0.783. The molecular weight excluding hydrogens is 208 g/mol. The van der Waals surface area contributed by atoms with Crippen molar-refractivity contribution in [1.82, 2.24) is 9.97 Å². The Morgan fingerprint density at radius 3 is 2.65 bits per heavy atom. The molecule has 2 aromatic rings. The third kappa shape index (κ3) is 2.78. The van der Waals surface area contributed by atoms with Gasteiger partial charge in [0, 0.05) is 18.2 Å². The minimum absolute atomic E-state index is 0.783. The Morgan fingerprint density at radius 2 is 2.00 bits per heavy atom. The average Bonchev–Trinajstić information content (AvgIpc) is 2.40. The molecule has 2 heteroatoms. The molecule has 0 unspecified atom stereocenters. The number of aryl methyl sites for hydroxylation is 1. The second-order valence-electron chi connectivity index (χ2n) is 3.91. The van der Waals surface area contributed by atoms with Crippen molar-refractivity contribution in [3.8, 4) is 0 Å². The van der Waals surface area contributed by atoms with Crippen LogP contribution in [-0.4, -0.2) is 9.97 Å². The van der Waals surface area contributed by atoms with E-state index < -0.39 is 0 Å². The molecule has 0 fully saturated rings. The van der Waals surface area contributed by atoms with Crippen molar-refractivity contribution in [1.29, 1.82) is 0 Å². The first-order valence-electron chi connectivity index (χ1n) is 5.84. The summed E-state index contributed by atoms with van der Waals surface area (Å²) in [5.74, 6) is 0.874. The van der Waals surface area contributed by atoms with E-state index >= 15 is 0 Å². The first-order chi connectivity index (χ1) is 8.33. The second kappa shape index (κ2) is 5.39. The Bertz CT molecular complexity index is 504. The molecule has 17 heavy (non-hydrogen) atoms. The molecule has 1 heterocycles. The Balaban J connectivity index is 2.25. The summed E-state index contributed by atoms with van der Waals surface area (Å²) in [7, 11) is 0. The highest BCUT2D eigenvalue weighted by Gasteiger charge is 2.03. The number of hydrogen-bond donors (Lipinski definition) is 0. The second-order valence-corrected chi connectivity index (χ2v) is 3.91. The van der Waals surface area contributed by atoms with Gasteiger partial charge >= 0.3 is 0 Å². The van der Waals surface area contributed by atoms with Gasteiger partial charge in [0.25, 0.3) is 0 Å². The van der Waals surface area contributed by atoms with Gasteiger partial charge in [0.1, 0.15) is 5.82 Å². The monoisotopic (exact) mass is 224 g/mol. The summed E-state index contributed by atoms with van der Waals surface area (Å²) in [5, 5.41) is 0. The van der Waals surface area contributed by atoms with E-state index in [9.17, 15) is 0 Å². The summed E-state index contributed by atoms with van der Waals surface area (Å²) < 4.78 is 0. The molecule has 0 N–H and O–H groups in total. The largest absolute Gasteiger partial charge is 0.240 e. The summed E-state index contributed by atoms with van der Waals surface area (Å²) in [6.45, 7) is 5.87. The van der Waals surface area contributed by atoms with Crippen LogP contribution in [0.2, 0.25) is 0 Å². The van der Waals surface area contributed by atoms with Crippen LogP contribution in [0.3, 0.4) is 0 Å². The molecule has 0 saturated carbocycles. The lowest BCUT2D eigenvalue weighted by Crippen LogP contribution is -2.01. The van der Waals surface area contributed by atoms with E-state index in [0.29, 0.717) is 0 Å². The van der Waals surface area contributed by atoms with Gasteiger partial charge in [0.05, 0.1) is 5.69 Å². The van der Waals surface area contributed by atoms with E-state index in [1.54, 1.807) is 0 Å². The molecule has 0 atom stereocenters. The van der Waals surface area contributed by atoms with Crippen LogP contribution >= 0.6 is 0 Å². The lowest BCUT2D eigenvalue weighted by Gasteiger charge is -2.05. The van der Waals surface area contributed by atoms with Gasteiger partial charge in [-0.3, -0.25) is 0 Å². The van der Waals surface area contributed by atoms with Gasteiger partial charge in [-0.25, -0.2) is 9.97 Å². The topological polar surface area (TPSA) is 25.8 Å². The van der Waals surface area contributed by atoms with Gasteiger partial charge in [-0.2, -0.15) is 0 Å². The van der Waals surface area contributed by atoms with E-state index in [0.717, 1.165) is 29.9 Å². The summed E-state index contributed by atoms with van der Waals surface area (Å²) in [5.41, 5.74) is 3.34. The summed E-state index contributed by atoms with van der Waals surface area (Å²) in [4.78, 5) is 8.95. The van der Waals surface area contributed by atoms with Crippen LogP contribution in [0.4, 0.5) is 0 Å². The smallest absolute Gasteiger partial charge is 0.132 e. The van der Waals surface area contributed by atoms with Crippen molar-refractivity contribution in [3.05, 3.63) is 65.8 Å². The van der Waals surface area contributed by atoms with Crippen LogP contribution in [0.5, 0.6) is 0 Å². The van der Waals surface area contributed by atoms with E-state index in [-0.39, 0.29) is 0 Å². The number of rotatable bonds is 4. The number of nitrogens with zero attached hydrogens (tertiary/aromatic N) is 2. The first-order valence-corrected chi connectivity index (χ1v) is 5.84. The fourth-order valence-corrected chi connectivity index (χ4v) is 1.79. The molecule has 2 rings (SSSR count). The first kappa shape index (κ1) is 11.5. The number of hydrogen-bond acceptors (Lipinski definition) is 2. The predicted molar refractivity (Wildman–Crippen MR) is 70.7 cm³/mol. The van der Waals surface area contributed by atoms with Gasteiger partial charge in [-0.1, -0.05) is 49.9 Å². The molecule has 0 aliphatic rings. The van der Waals surface area contributed by atoms with Crippen LogP contribution in [0.15, 0.2) is 43.1 Å². The predicted octanol–water partition coefficient (Wildman–Crippen LogP) is 3.27. The zero-order valence-corrected chi connectivity index (χ0v) is 10.1. The van der Waals surface area contributed by atoms with E-state index in [1.807, 2.05) is 30.5 Å². The van der Waals surface area contributed by atoms with Crippen LogP contribution in [-0.2, 0) is 12.8 Å². The summed E-state index contributed by atoms with van der Waals surface area (Å²) >= 11 is 0. The lowest BCUT2D eigenvalue weighted by molar-refractivity contribution is 0.901. The molecule has 1 aromatic heterocycles. The van der Waals surface area contributed by atoms with Crippen LogP contribution < -0.4 is 0 Å². The molecule has 0 aliphatic carbocycles. The molecule has 86 valence electrons. The third-order valence-electron chi connectivity index (χ3n) is 2.71. The standard InChI is InChI=1S/C15H16N2/c1-3-13-11-16-15(17-14(13)4-2)10-12-8-6-5-7-9-12/h3,5-9,11H,1,4,10H2,2H3. The SMILES string of the molecule is C=Cc1cnc(Cc2ccccc2)nc1CC. The molecule has 0 saturated heterocycles.